The second-order valence-corrected chi connectivity index (χ2v) is 8.05. The molecule has 0 spiro atoms. The zero-order chi connectivity index (χ0) is 23.1. The number of aromatic nitrogens is 6. The molecule has 4 aromatic heterocycles. The van der Waals surface area contributed by atoms with Crippen molar-refractivity contribution in [2.45, 2.75) is 20.4 Å². The van der Waals surface area contributed by atoms with E-state index in [4.69, 9.17) is 4.42 Å². The van der Waals surface area contributed by atoms with Crippen LogP contribution in [-0.2, 0) is 13.6 Å². The van der Waals surface area contributed by atoms with Gasteiger partial charge in [0.2, 0.25) is 5.89 Å². The number of fused-ring (bicyclic) bond motifs is 1. The Morgan fingerprint density at radius 2 is 2.00 bits per heavy atom. The summed E-state index contributed by atoms with van der Waals surface area (Å²) in [6.07, 6.45) is 5.73. The number of imidazole rings is 1. The first-order chi connectivity index (χ1) is 15.9. The van der Waals surface area contributed by atoms with Crippen molar-refractivity contribution in [3.63, 3.8) is 0 Å². The molecule has 0 unspecified atom stereocenters. The topological polar surface area (TPSA) is 101 Å². The standard InChI is InChI=1S/C24H22N8O/c1-15-11-18(22-16(2)31(4)29-20(22)12-25)6-7-19(15)23-27-28-24(33-23)30(3)13-17-5-8-21-26-9-10-32(21)14-17/h5-11,14H,13H2,1-4H3. The second kappa shape index (κ2) is 7.91. The molecule has 9 heteroatoms. The molecule has 1 aromatic carbocycles. The fourth-order valence-corrected chi connectivity index (χ4v) is 3.97. The summed E-state index contributed by atoms with van der Waals surface area (Å²) in [5.41, 5.74) is 6.97. The van der Waals surface area contributed by atoms with E-state index in [-0.39, 0.29) is 0 Å². The Bertz CT molecular complexity index is 1520. The van der Waals surface area contributed by atoms with Gasteiger partial charge in [-0.25, -0.2) is 4.98 Å². The average Bonchev–Trinajstić information content (AvgIpc) is 3.53. The molecule has 0 saturated heterocycles. The molecule has 0 aliphatic carbocycles. The summed E-state index contributed by atoms with van der Waals surface area (Å²) in [6, 6.07) is 12.6. The molecule has 0 aliphatic rings. The lowest BCUT2D eigenvalue weighted by Gasteiger charge is -2.14. The molecular weight excluding hydrogens is 416 g/mol. The molecule has 5 aromatic rings. The summed E-state index contributed by atoms with van der Waals surface area (Å²) in [5.74, 6) is 0.453. The van der Waals surface area contributed by atoms with Gasteiger partial charge >= 0.3 is 6.01 Å². The molecule has 0 radical (unpaired) electrons. The zero-order valence-electron chi connectivity index (χ0n) is 18.8. The van der Waals surface area contributed by atoms with Crippen LogP contribution in [0.4, 0.5) is 6.01 Å². The molecule has 0 bridgehead atoms. The van der Waals surface area contributed by atoms with Crippen molar-refractivity contribution in [2.24, 2.45) is 7.05 Å². The molecule has 0 N–H and O–H groups in total. The molecule has 164 valence electrons. The Balaban J connectivity index is 1.40. The molecule has 33 heavy (non-hydrogen) atoms. The number of pyridine rings is 1. The van der Waals surface area contributed by atoms with E-state index in [9.17, 15) is 5.26 Å². The van der Waals surface area contributed by atoms with Crippen molar-refractivity contribution >= 4 is 11.7 Å². The van der Waals surface area contributed by atoms with Gasteiger partial charge in [0.25, 0.3) is 0 Å². The van der Waals surface area contributed by atoms with Crippen LogP contribution in [0, 0.1) is 25.2 Å². The van der Waals surface area contributed by atoms with Crippen molar-refractivity contribution in [1.29, 1.82) is 5.26 Å². The van der Waals surface area contributed by atoms with Crippen molar-refractivity contribution in [3.05, 3.63) is 71.4 Å². The maximum Gasteiger partial charge on any atom is 0.318 e. The van der Waals surface area contributed by atoms with Crippen molar-refractivity contribution in [1.82, 2.24) is 29.4 Å². The minimum absolute atomic E-state index is 0.415. The van der Waals surface area contributed by atoms with Crippen molar-refractivity contribution in [2.75, 3.05) is 11.9 Å². The Morgan fingerprint density at radius 3 is 2.79 bits per heavy atom. The second-order valence-electron chi connectivity index (χ2n) is 8.05. The lowest BCUT2D eigenvalue weighted by Crippen LogP contribution is -2.17. The third kappa shape index (κ3) is 3.61. The van der Waals surface area contributed by atoms with E-state index in [0.29, 0.717) is 24.1 Å². The van der Waals surface area contributed by atoms with Gasteiger partial charge in [0.1, 0.15) is 11.7 Å². The molecule has 9 nitrogen and oxygen atoms in total. The highest BCUT2D eigenvalue weighted by Gasteiger charge is 2.18. The fraction of sp³-hybridized carbons (Fsp3) is 0.208. The van der Waals surface area contributed by atoms with Crippen LogP contribution in [0.25, 0.3) is 28.2 Å². The normalized spacial score (nSPS) is 11.1. The number of nitrogens with zero attached hydrogens (tertiary/aromatic N) is 8. The largest absolute Gasteiger partial charge is 0.403 e. The monoisotopic (exact) mass is 438 g/mol. The molecular formula is C24H22N8O. The SMILES string of the molecule is Cc1cc(-c2c(C#N)nn(C)c2C)ccc1-c1nnc(N(C)Cc2ccc3nccn3c2)o1. The van der Waals surface area contributed by atoms with Gasteiger partial charge < -0.3 is 13.7 Å². The third-order valence-electron chi connectivity index (χ3n) is 5.80. The fourth-order valence-electron chi connectivity index (χ4n) is 3.97. The summed E-state index contributed by atoms with van der Waals surface area (Å²) in [7, 11) is 3.75. The molecule has 4 heterocycles. The smallest absolute Gasteiger partial charge is 0.318 e. The number of anilines is 1. The maximum atomic E-state index is 9.45. The van der Waals surface area contributed by atoms with Gasteiger partial charge in [-0.15, -0.1) is 5.10 Å². The lowest BCUT2D eigenvalue weighted by atomic mass is 9.98. The van der Waals surface area contributed by atoms with Crippen molar-refractivity contribution in [3.8, 4) is 28.7 Å². The van der Waals surface area contributed by atoms with E-state index in [0.717, 1.165) is 39.2 Å². The van der Waals surface area contributed by atoms with Gasteiger partial charge in [-0.2, -0.15) is 10.4 Å². The summed E-state index contributed by atoms with van der Waals surface area (Å²) >= 11 is 0. The Hall–Kier alpha value is -4.45. The van der Waals surface area contributed by atoms with Gasteiger partial charge in [-0.3, -0.25) is 4.68 Å². The molecule has 0 atom stereocenters. The van der Waals surface area contributed by atoms with Gasteiger partial charge in [-0.05, 0) is 42.7 Å². The molecule has 0 amide bonds. The van der Waals surface area contributed by atoms with E-state index in [2.05, 4.69) is 26.3 Å². The molecule has 0 aliphatic heterocycles. The third-order valence-corrected chi connectivity index (χ3v) is 5.80. The number of hydrogen-bond acceptors (Lipinski definition) is 7. The predicted octanol–water partition coefficient (Wildman–Crippen LogP) is 3.91. The zero-order valence-corrected chi connectivity index (χ0v) is 18.8. The van der Waals surface area contributed by atoms with Gasteiger partial charge in [-0.1, -0.05) is 23.3 Å². The first-order valence-electron chi connectivity index (χ1n) is 10.5. The van der Waals surface area contributed by atoms with E-state index < -0.39 is 0 Å². The quantitative estimate of drug-likeness (QED) is 0.410. The summed E-state index contributed by atoms with van der Waals surface area (Å²) in [4.78, 5) is 6.18. The maximum absolute atomic E-state index is 9.45. The minimum atomic E-state index is 0.415. The van der Waals surface area contributed by atoms with E-state index in [1.165, 1.54) is 0 Å². The molecule has 0 fully saturated rings. The summed E-state index contributed by atoms with van der Waals surface area (Å²) in [6.45, 7) is 4.56. The van der Waals surface area contributed by atoms with E-state index in [1.807, 2.05) is 80.0 Å². The highest BCUT2D eigenvalue weighted by atomic mass is 16.4. The molecule has 0 saturated carbocycles. The van der Waals surface area contributed by atoms with Crippen LogP contribution in [0.3, 0.4) is 0 Å². The van der Waals surface area contributed by atoms with Crippen LogP contribution in [0.5, 0.6) is 0 Å². The number of rotatable bonds is 5. The van der Waals surface area contributed by atoms with Crippen LogP contribution in [0.1, 0.15) is 22.5 Å². The van der Waals surface area contributed by atoms with Crippen molar-refractivity contribution < 1.29 is 4.42 Å². The Morgan fingerprint density at radius 1 is 1.15 bits per heavy atom. The van der Waals surface area contributed by atoms with Gasteiger partial charge in [0, 0.05) is 56.1 Å². The van der Waals surface area contributed by atoms with E-state index in [1.54, 1.807) is 10.9 Å². The number of benzene rings is 1. The highest BCUT2D eigenvalue weighted by Crippen LogP contribution is 2.32. The van der Waals surface area contributed by atoms with Crippen LogP contribution < -0.4 is 4.90 Å². The van der Waals surface area contributed by atoms with Crippen LogP contribution in [0.15, 0.2) is 53.3 Å². The number of aryl methyl sites for hydroxylation is 2. The predicted molar refractivity (Wildman–Crippen MR) is 123 cm³/mol. The summed E-state index contributed by atoms with van der Waals surface area (Å²) in [5, 5.41) is 22.3. The average molecular weight is 438 g/mol. The number of hydrogen-bond donors (Lipinski definition) is 0. The van der Waals surface area contributed by atoms with E-state index >= 15 is 0 Å². The summed E-state index contributed by atoms with van der Waals surface area (Å²) < 4.78 is 9.70. The first kappa shape index (κ1) is 20.5. The highest BCUT2D eigenvalue weighted by molar-refractivity contribution is 5.75. The van der Waals surface area contributed by atoms with Gasteiger partial charge in [0.15, 0.2) is 5.69 Å². The minimum Gasteiger partial charge on any atom is -0.403 e. The molecule has 5 rings (SSSR count). The lowest BCUT2D eigenvalue weighted by molar-refractivity contribution is 0.554. The van der Waals surface area contributed by atoms with Crippen LogP contribution in [0.2, 0.25) is 0 Å². The first-order valence-corrected chi connectivity index (χ1v) is 10.5. The van der Waals surface area contributed by atoms with Gasteiger partial charge in [0.05, 0.1) is 0 Å². The van der Waals surface area contributed by atoms with Crippen LogP contribution in [-0.4, -0.2) is 36.4 Å². The van der Waals surface area contributed by atoms with Crippen LogP contribution >= 0.6 is 0 Å². The Kier molecular flexibility index (Phi) is 4.90. The Labute approximate surface area is 190 Å². The number of nitriles is 1.